The van der Waals surface area contributed by atoms with E-state index in [0.717, 1.165) is 4.57 Å². The van der Waals surface area contributed by atoms with Gasteiger partial charge >= 0.3 is 17.2 Å². The Morgan fingerprint density at radius 2 is 1.89 bits per heavy atom. The third-order valence-electron chi connectivity index (χ3n) is 4.16. The van der Waals surface area contributed by atoms with Crippen molar-refractivity contribution in [2.45, 2.75) is 6.54 Å². The predicted octanol–water partition coefficient (Wildman–Crippen LogP) is -1.30. The molecule has 0 fully saturated rings. The quantitative estimate of drug-likeness (QED) is 0.284. The van der Waals surface area contributed by atoms with Crippen LogP contribution < -0.4 is 21.2 Å². The number of carboxylic acids is 1. The van der Waals surface area contributed by atoms with Gasteiger partial charge in [0.15, 0.2) is 6.54 Å². The molecule has 2 heterocycles. The zero-order valence-electron chi connectivity index (χ0n) is 15.0. The van der Waals surface area contributed by atoms with Crippen LogP contribution >= 0.6 is 0 Å². The number of nitrogens with one attached hydrogen (secondary N) is 2. The largest absolute Gasteiger partial charge is 0.478 e. The second kappa shape index (κ2) is 7.31. The van der Waals surface area contributed by atoms with Crippen LogP contribution in [0.15, 0.2) is 45.3 Å². The molecule has 0 saturated carbocycles. The summed E-state index contributed by atoms with van der Waals surface area (Å²) in [7, 11) is 2.88. The van der Waals surface area contributed by atoms with Gasteiger partial charge in [0.1, 0.15) is 0 Å². The van der Waals surface area contributed by atoms with E-state index in [1.165, 1.54) is 47.9 Å². The molecule has 1 amide bonds. The maximum absolute atomic E-state index is 12.3. The molecule has 11 nitrogen and oxygen atoms in total. The third-order valence-corrected chi connectivity index (χ3v) is 4.16. The molecule has 3 aromatic rings. The van der Waals surface area contributed by atoms with Crippen LogP contribution in [0.2, 0.25) is 0 Å². The highest BCUT2D eigenvalue weighted by Crippen LogP contribution is 2.02. The van der Waals surface area contributed by atoms with Gasteiger partial charge in [-0.1, -0.05) is 12.1 Å². The number of nitrogens with zero attached hydrogens (tertiary/aromatic N) is 4. The van der Waals surface area contributed by atoms with E-state index in [1.807, 2.05) is 0 Å². The minimum absolute atomic E-state index is 0.146. The highest BCUT2D eigenvalue weighted by atomic mass is 16.4. The molecular weight excluding hydrogens is 368 g/mol. The number of aromatic carboxylic acids is 1. The van der Waals surface area contributed by atoms with E-state index >= 15 is 0 Å². The van der Waals surface area contributed by atoms with Crippen molar-refractivity contribution in [1.29, 1.82) is 0 Å². The predicted molar refractivity (Wildman–Crippen MR) is 98.1 cm³/mol. The van der Waals surface area contributed by atoms with Crippen LogP contribution in [0.25, 0.3) is 11.2 Å². The average molecular weight is 385 g/mol. The number of amides is 1. The van der Waals surface area contributed by atoms with E-state index in [-0.39, 0.29) is 17.6 Å². The van der Waals surface area contributed by atoms with Crippen molar-refractivity contribution < 1.29 is 19.3 Å². The standard InChI is InChI=1S/C17H16N6O5/c1-21-14-13(15(25)22(2)17(21)28)23(9-18-14)8-12(24)20-19-7-10-3-5-11(6-4-10)16(26)27/h3-7,9H,8H2,1-2H3,(H2,20,24,26,27)/p+1/b19-7+. The van der Waals surface area contributed by atoms with Crippen LogP contribution in [-0.4, -0.2) is 37.3 Å². The van der Waals surface area contributed by atoms with Crippen LogP contribution in [0.3, 0.4) is 0 Å². The molecule has 0 spiro atoms. The van der Waals surface area contributed by atoms with E-state index in [4.69, 9.17) is 5.11 Å². The van der Waals surface area contributed by atoms with Crippen molar-refractivity contribution in [3.8, 4) is 0 Å². The van der Waals surface area contributed by atoms with Crippen molar-refractivity contribution in [2.24, 2.45) is 19.2 Å². The number of hydrogen-bond donors (Lipinski definition) is 3. The second-order valence-electron chi connectivity index (χ2n) is 6.02. The van der Waals surface area contributed by atoms with Crippen LogP contribution in [0.1, 0.15) is 15.9 Å². The van der Waals surface area contributed by atoms with Gasteiger partial charge in [-0.25, -0.2) is 24.6 Å². The molecule has 3 N–H and O–H groups in total. The Hall–Kier alpha value is -4.02. The number of aromatic amines is 1. The number of hydrogen-bond acceptors (Lipinski definition) is 5. The second-order valence-corrected chi connectivity index (χ2v) is 6.02. The Balaban J connectivity index is 1.74. The smallest absolute Gasteiger partial charge is 0.335 e. The van der Waals surface area contributed by atoms with Gasteiger partial charge < -0.3 is 5.11 Å². The normalized spacial score (nSPS) is 11.2. The number of benzene rings is 1. The molecule has 144 valence electrons. The summed E-state index contributed by atoms with van der Waals surface area (Å²) in [6.07, 6.45) is 2.80. The van der Waals surface area contributed by atoms with Crippen molar-refractivity contribution >= 4 is 29.3 Å². The summed E-state index contributed by atoms with van der Waals surface area (Å²) in [6, 6.07) is 5.95. The van der Waals surface area contributed by atoms with Crippen LogP contribution in [0.5, 0.6) is 0 Å². The van der Waals surface area contributed by atoms with Gasteiger partial charge in [-0.3, -0.25) is 18.7 Å². The number of hydrazone groups is 1. The zero-order valence-corrected chi connectivity index (χ0v) is 15.0. The number of carboxylic acid groups (broad SMARTS) is 1. The van der Waals surface area contributed by atoms with Crippen molar-refractivity contribution in [2.75, 3.05) is 0 Å². The lowest BCUT2D eigenvalue weighted by Crippen LogP contribution is -2.46. The maximum atomic E-state index is 12.3. The summed E-state index contributed by atoms with van der Waals surface area (Å²) in [5, 5.41) is 12.7. The molecule has 3 rings (SSSR count). The fourth-order valence-corrected chi connectivity index (χ4v) is 2.66. The fraction of sp³-hybridized carbons (Fsp3) is 0.176. The van der Waals surface area contributed by atoms with Crippen LogP contribution in [-0.2, 0) is 25.4 Å². The molecule has 1 aromatic carbocycles. The maximum Gasteiger partial charge on any atom is 0.335 e. The molecule has 0 bridgehead atoms. The minimum Gasteiger partial charge on any atom is -0.478 e. The molecule has 0 saturated heterocycles. The van der Waals surface area contributed by atoms with Crippen molar-refractivity contribution in [3.63, 3.8) is 0 Å². The minimum atomic E-state index is -1.03. The van der Waals surface area contributed by atoms with Gasteiger partial charge in [-0.2, -0.15) is 5.10 Å². The number of aromatic nitrogens is 4. The first kappa shape index (κ1) is 18.8. The summed E-state index contributed by atoms with van der Waals surface area (Å²) in [5.41, 5.74) is 2.58. The topological polar surface area (TPSA) is 142 Å². The summed E-state index contributed by atoms with van der Waals surface area (Å²) in [4.78, 5) is 50.0. The average Bonchev–Trinajstić information content (AvgIpc) is 3.08. The molecule has 0 aliphatic carbocycles. The highest BCUT2D eigenvalue weighted by Gasteiger charge is 2.21. The van der Waals surface area contributed by atoms with E-state index in [9.17, 15) is 19.2 Å². The SMILES string of the molecule is Cn1c(=O)c2c([nH]c[n+]2CC(=O)N/N=C/c2ccc(C(=O)O)cc2)n(C)c1=O. The first-order valence-electron chi connectivity index (χ1n) is 8.11. The zero-order chi connectivity index (χ0) is 20.4. The monoisotopic (exact) mass is 385 g/mol. The number of carbonyl (C=O) groups excluding carboxylic acids is 1. The van der Waals surface area contributed by atoms with Gasteiger partial charge in [0.25, 0.3) is 17.1 Å². The molecule has 2 aromatic heterocycles. The number of carbonyl (C=O) groups is 2. The number of rotatable bonds is 5. The van der Waals surface area contributed by atoms with Gasteiger partial charge in [0.2, 0.25) is 6.33 Å². The summed E-state index contributed by atoms with van der Waals surface area (Å²) >= 11 is 0. The van der Waals surface area contributed by atoms with Crippen molar-refractivity contribution in [1.82, 2.24) is 19.5 Å². The Kier molecular flexibility index (Phi) is 4.90. The van der Waals surface area contributed by atoms with Gasteiger partial charge in [-0.15, -0.1) is 0 Å². The summed E-state index contributed by atoms with van der Waals surface area (Å²) in [5.74, 6) is -1.52. The van der Waals surface area contributed by atoms with E-state index in [0.29, 0.717) is 11.2 Å². The Bertz CT molecular complexity index is 1220. The highest BCUT2D eigenvalue weighted by molar-refractivity contribution is 5.89. The van der Waals surface area contributed by atoms with Crippen LogP contribution in [0.4, 0.5) is 0 Å². The van der Waals surface area contributed by atoms with E-state index < -0.39 is 23.1 Å². The number of aryl methyl sites for hydroxylation is 1. The third kappa shape index (κ3) is 3.45. The lowest BCUT2D eigenvalue weighted by molar-refractivity contribution is -0.659. The first-order valence-corrected chi connectivity index (χ1v) is 8.11. The van der Waals surface area contributed by atoms with E-state index in [1.54, 1.807) is 12.1 Å². The van der Waals surface area contributed by atoms with E-state index in [2.05, 4.69) is 15.5 Å². The molecule has 0 atom stereocenters. The molecule has 11 heteroatoms. The number of imidazole rings is 1. The molecule has 28 heavy (non-hydrogen) atoms. The molecule has 0 radical (unpaired) electrons. The summed E-state index contributed by atoms with van der Waals surface area (Å²) < 4.78 is 3.64. The Morgan fingerprint density at radius 1 is 1.21 bits per heavy atom. The first-order chi connectivity index (χ1) is 13.3. The van der Waals surface area contributed by atoms with Gasteiger partial charge in [0.05, 0.1) is 11.8 Å². The Labute approximate surface area is 157 Å². The molecular formula is C17H17N6O5+. The summed E-state index contributed by atoms with van der Waals surface area (Å²) in [6.45, 7) is -0.192. The molecule has 0 aliphatic rings. The van der Waals surface area contributed by atoms with Gasteiger partial charge in [0, 0.05) is 14.1 Å². The Morgan fingerprint density at radius 3 is 2.54 bits per heavy atom. The lowest BCUT2D eigenvalue weighted by atomic mass is 10.1. The van der Waals surface area contributed by atoms with Crippen molar-refractivity contribution in [3.05, 3.63) is 62.6 Å². The molecule has 0 aliphatic heterocycles. The number of H-pyrrole nitrogens is 1. The number of fused-ring (bicyclic) bond motifs is 1. The van der Waals surface area contributed by atoms with Gasteiger partial charge in [-0.05, 0) is 17.7 Å². The fourth-order valence-electron chi connectivity index (χ4n) is 2.66. The van der Waals surface area contributed by atoms with Crippen LogP contribution in [0, 0.1) is 0 Å². The molecule has 0 unspecified atom stereocenters. The lowest BCUT2D eigenvalue weighted by Gasteiger charge is -2.01.